The smallest absolute Gasteiger partial charge is 0.459 e. The van der Waals surface area contributed by atoms with Crippen LogP contribution in [0.2, 0.25) is 0 Å². The van der Waals surface area contributed by atoms with Gasteiger partial charge >= 0.3 is 12.1 Å². The standard InChI is InChI=1S/C15H20F2O3/c1-6-19-13(18)15(16,17)20-12-8-7-11(9-10(12)2)14(3,4)5/h7-9H,6H2,1-5H3. The van der Waals surface area contributed by atoms with Gasteiger partial charge in [0.15, 0.2) is 0 Å². The molecule has 0 N–H and O–H groups in total. The lowest BCUT2D eigenvalue weighted by molar-refractivity contribution is -0.216. The van der Waals surface area contributed by atoms with Crippen LogP contribution in [0.25, 0.3) is 0 Å². The van der Waals surface area contributed by atoms with Crippen LogP contribution in [0.5, 0.6) is 5.75 Å². The van der Waals surface area contributed by atoms with Gasteiger partial charge in [0.05, 0.1) is 6.61 Å². The second kappa shape index (κ2) is 5.77. The Balaban J connectivity index is 2.97. The molecule has 0 fully saturated rings. The average Bonchev–Trinajstić information content (AvgIpc) is 2.30. The molecule has 0 aromatic heterocycles. The van der Waals surface area contributed by atoms with E-state index in [4.69, 9.17) is 0 Å². The number of carbonyl (C=O) groups is 1. The Bertz CT molecular complexity index is 490. The first-order valence-electron chi connectivity index (χ1n) is 6.43. The van der Waals surface area contributed by atoms with E-state index in [0.717, 1.165) is 5.56 Å². The number of ether oxygens (including phenoxy) is 2. The van der Waals surface area contributed by atoms with Gasteiger partial charge in [-0.15, -0.1) is 0 Å². The Morgan fingerprint density at radius 1 is 1.25 bits per heavy atom. The van der Waals surface area contributed by atoms with E-state index in [1.54, 1.807) is 19.1 Å². The van der Waals surface area contributed by atoms with Gasteiger partial charge in [-0.25, -0.2) is 4.79 Å². The molecule has 3 nitrogen and oxygen atoms in total. The minimum atomic E-state index is -3.98. The average molecular weight is 286 g/mol. The maximum atomic E-state index is 13.5. The van der Waals surface area contributed by atoms with E-state index in [-0.39, 0.29) is 17.8 Å². The van der Waals surface area contributed by atoms with Crippen LogP contribution in [-0.2, 0) is 14.9 Å². The van der Waals surface area contributed by atoms with E-state index < -0.39 is 12.1 Å². The van der Waals surface area contributed by atoms with Crippen LogP contribution in [0.15, 0.2) is 18.2 Å². The number of esters is 1. The van der Waals surface area contributed by atoms with Crippen molar-refractivity contribution in [2.75, 3.05) is 6.61 Å². The zero-order chi connectivity index (χ0) is 15.6. The minimum absolute atomic E-state index is 0.0314. The van der Waals surface area contributed by atoms with Gasteiger partial charge in [0.1, 0.15) is 5.75 Å². The number of aryl methyl sites for hydroxylation is 1. The van der Waals surface area contributed by atoms with E-state index in [1.165, 1.54) is 13.0 Å². The number of hydrogen-bond donors (Lipinski definition) is 0. The maximum Gasteiger partial charge on any atom is 0.502 e. The molecule has 0 saturated heterocycles. The monoisotopic (exact) mass is 286 g/mol. The van der Waals surface area contributed by atoms with Crippen LogP contribution in [0.3, 0.4) is 0 Å². The zero-order valence-corrected chi connectivity index (χ0v) is 12.4. The van der Waals surface area contributed by atoms with Crippen LogP contribution in [0.4, 0.5) is 8.78 Å². The summed E-state index contributed by atoms with van der Waals surface area (Å²) < 4.78 is 35.8. The Morgan fingerprint density at radius 2 is 1.85 bits per heavy atom. The summed E-state index contributed by atoms with van der Waals surface area (Å²) in [7, 11) is 0. The lowest BCUT2D eigenvalue weighted by Crippen LogP contribution is -2.37. The minimum Gasteiger partial charge on any atom is -0.459 e. The van der Waals surface area contributed by atoms with Gasteiger partial charge in [0.25, 0.3) is 0 Å². The highest BCUT2D eigenvalue weighted by molar-refractivity contribution is 5.76. The molecule has 0 bridgehead atoms. The summed E-state index contributed by atoms with van der Waals surface area (Å²) >= 11 is 0. The van der Waals surface area contributed by atoms with Gasteiger partial charge in [0.2, 0.25) is 0 Å². The van der Waals surface area contributed by atoms with Gasteiger partial charge in [-0.2, -0.15) is 8.78 Å². The molecule has 0 aliphatic rings. The number of hydrogen-bond acceptors (Lipinski definition) is 3. The first kappa shape index (κ1) is 16.4. The SMILES string of the molecule is CCOC(=O)C(F)(F)Oc1ccc(C(C)(C)C)cc1C. The summed E-state index contributed by atoms with van der Waals surface area (Å²) in [6.45, 7) is 9.06. The molecule has 0 saturated carbocycles. The van der Waals surface area contributed by atoms with Crippen LogP contribution < -0.4 is 4.74 Å². The summed E-state index contributed by atoms with van der Waals surface area (Å²) in [5.41, 5.74) is 1.45. The number of rotatable bonds is 4. The van der Waals surface area contributed by atoms with Crippen molar-refractivity contribution in [2.24, 2.45) is 0 Å². The topological polar surface area (TPSA) is 35.5 Å². The van der Waals surface area contributed by atoms with Crippen molar-refractivity contribution < 1.29 is 23.0 Å². The first-order valence-corrected chi connectivity index (χ1v) is 6.43. The molecule has 5 heteroatoms. The quantitative estimate of drug-likeness (QED) is 0.789. The summed E-state index contributed by atoms with van der Waals surface area (Å²) in [4.78, 5) is 11.1. The normalized spacial score (nSPS) is 12.2. The molecule has 112 valence electrons. The maximum absolute atomic E-state index is 13.5. The van der Waals surface area contributed by atoms with Crippen molar-refractivity contribution in [1.29, 1.82) is 0 Å². The molecule has 0 unspecified atom stereocenters. The van der Waals surface area contributed by atoms with E-state index in [9.17, 15) is 13.6 Å². The number of alkyl halides is 2. The second-order valence-corrected chi connectivity index (χ2v) is 5.57. The van der Waals surface area contributed by atoms with Crippen LogP contribution in [0.1, 0.15) is 38.8 Å². The largest absolute Gasteiger partial charge is 0.502 e. The third-order valence-corrected chi connectivity index (χ3v) is 2.79. The van der Waals surface area contributed by atoms with E-state index in [0.29, 0.717) is 5.56 Å². The first-order chi connectivity index (χ1) is 9.08. The van der Waals surface area contributed by atoms with Crippen LogP contribution >= 0.6 is 0 Å². The van der Waals surface area contributed by atoms with Crippen molar-refractivity contribution >= 4 is 5.97 Å². The van der Waals surface area contributed by atoms with Gasteiger partial charge in [-0.05, 0) is 36.5 Å². The number of carbonyl (C=O) groups excluding carboxylic acids is 1. The summed E-state index contributed by atoms with van der Waals surface area (Å²) in [5.74, 6) is -1.71. The molecule has 0 aliphatic carbocycles. The zero-order valence-electron chi connectivity index (χ0n) is 12.4. The van der Waals surface area contributed by atoms with E-state index >= 15 is 0 Å². The van der Waals surface area contributed by atoms with E-state index in [2.05, 4.69) is 9.47 Å². The highest BCUT2D eigenvalue weighted by Gasteiger charge is 2.44. The highest BCUT2D eigenvalue weighted by Crippen LogP contribution is 2.30. The van der Waals surface area contributed by atoms with Gasteiger partial charge in [-0.1, -0.05) is 32.9 Å². The molecule has 0 spiro atoms. The fourth-order valence-electron chi connectivity index (χ4n) is 1.63. The summed E-state index contributed by atoms with van der Waals surface area (Å²) in [6, 6.07) is 4.93. The lowest BCUT2D eigenvalue weighted by Gasteiger charge is -2.22. The Morgan fingerprint density at radius 3 is 2.30 bits per heavy atom. The van der Waals surface area contributed by atoms with Crippen molar-refractivity contribution in [3.05, 3.63) is 29.3 Å². The summed E-state index contributed by atoms with van der Waals surface area (Å²) in [5, 5.41) is 0. The second-order valence-electron chi connectivity index (χ2n) is 5.57. The molecule has 1 rings (SSSR count). The number of benzene rings is 1. The highest BCUT2D eigenvalue weighted by atomic mass is 19.3. The molecule has 0 heterocycles. The molecule has 0 amide bonds. The molecular formula is C15H20F2O3. The molecule has 20 heavy (non-hydrogen) atoms. The fraction of sp³-hybridized carbons (Fsp3) is 0.533. The van der Waals surface area contributed by atoms with Crippen molar-refractivity contribution in [2.45, 2.75) is 46.1 Å². The van der Waals surface area contributed by atoms with Gasteiger partial charge in [0, 0.05) is 0 Å². The molecule has 1 aromatic carbocycles. The number of halogens is 2. The van der Waals surface area contributed by atoms with Gasteiger partial charge < -0.3 is 9.47 Å². The predicted molar refractivity (Wildman–Crippen MR) is 72.1 cm³/mol. The molecule has 0 aliphatic heterocycles. The fourth-order valence-corrected chi connectivity index (χ4v) is 1.63. The van der Waals surface area contributed by atoms with Crippen molar-refractivity contribution in [1.82, 2.24) is 0 Å². The van der Waals surface area contributed by atoms with Crippen molar-refractivity contribution in [3.8, 4) is 5.75 Å². The Labute approximate surface area is 117 Å². The van der Waals surface area contributed by atoms with Crippen LogP contribution in [0, 0.1) is 6.92 Å². The molecular weight excluding hydrogens is 266 g/mol. The third kappa shape index (κ3) is 3.92. The molecule has 0 radical (unpaired) electrons. The third-order valence-electron chi connectivity index (χ3n) is 2.79. The molecule has 1 aromatic rings. The Kier molecular flexibility index (Phi) is 4.73. The van der Waals surface area contributed by atoms with Gasteiger partial charge in [-0.3, -0.25) is 0 Å². The Hall–Kier alpha value is -1.65. The predicted octanol–water partition coefficient (Wildman–Crippen LogP) is 3.83. The van der Waals surface area contributed by atoms with Crippen molar-refractivity contribution in [3.63, 3.8) is 0 Å². The lowest BCUT2D eigenvalue weighted by atomic mass is 9.86. The summed E-state index contributed by atoms with van der Waals surface area (Å²) in [6.07, 6.45) is -3.98. The van der Waals surface area contributed by atoms with Crippen LogP contribution in [-0.4, -0.2) is 18.7 Å². The molecule has 0 atom stereocenters. The van der Waals surface area contributed by atoms with E-state index in [1.807, 2.05) is 20.8 Å².